The van der Waals surface area contributed by atoms with Gasteiger partial charge >= 0.3 is 0 Å². The topological polar surface area (TPSA) is 58.3 Å². The number of aromatic nitrogens is 2. The average Bonchev–Trinajstić information content (AvgIpc) is 3.12. The summed E-state index contributed by atoms with van der Waals surface area (Å²) < 4.78 is 1.87. The number of fused-ring (bicyclic) bond motifs is 5. The fraction of sp³-hybridized carbons (Fsp3) is 0.800. The number of rotatable bonds is 1. The van der Waals surface area contributed by atoms with Crippen molar-refractivity contribution >= 4 is 6.08 Å². The first-order chi connectivity index (χ1) is 13.7. The lowest BCUT2D eigenvalue weighted by Gasteiger charge is -2.60. The maximum atomic E-state index is 11.4. The van der Waals surface area contributed by atoms with E-state index in [1.54, 1.807) is 0 Å². The van der Waals surface area contributed by atoms with Crippen LogP contribution in [-0.4, -0.2) is 32.2 Å². The third kappa shape index (κ3) is 2.89. The molecule has 0 amide bonds. The summed E-state index contributed by atoms with van der Waals surface area (Å²) in [4.78, 5) is 0. The molecule has 1 heterocycles. The second-order valence-corrected chi connectivity index (χ2v) is 11.3. The van der Waals surface area contributed by atoms with Crippen LogP contribution < -0.4 is 0 Å². The molecule has 0 aliphatic heterocycles. The molecule has 4 aliphatic rings. The third-order valence-electron chi connectivity index (χ3n) is 9.90. The Morgan fingerprint density at radius 2 is 1.83 bits per heavy atom. The van der Waals surface area contributed by atoms with Gasteiger partial charge in [-0.05, 0) is 99.0 Å². The lowest BCUT2D eigenvalue weighted by molar-refractivity contribution is -0.133. The van der Waals surface area contributed by atoms with Crippen molar-refractivity contribution in [3.8, 4) is 0 Å². The Morgan fingerprint density at radius 3 is 2.55 bits per heavy atom. The maximum absolute atomic E-state index is 11.4. The average molecular weight is 399 g/mol. The fourth-order valence-electron chi connectivity index (χ4n) is 8.19. The lowest BCUT2D eigenvalue weighted by Crippen LogP contribution is -2.54. The highest BCUT2D eigenvalue weighted by atomic mass is 16.3. The quantitative estimate of drug-likeness (QED) is 0.733. The molecule has 0 spiro atoms. The van der Waals surface area contributed by atoms with Gasteiger partial charge in [0.1, 0.15) is 0 Å². The zero-order chi connectivity index (χ0) is 20.6. The Morgan fingerprint density at radius 1 is 1.07 bits per heavy atom. The molecule has 1 aromatic heterocycles. The van der Waals surface area contributed by atoms with Crippen LogP contribution in [0.25, 0.3) is 6.08 Å². The molecule has 0 aromatic carbocycles. The molecule has 5 rings (SSSR count). The minimum atomic E-state index is -0.327. The van der Waals surface area contributed by atoms with Crippen molar-refractivity contribution in [3.63, 3.8) is 0 Å². The van der Waals surface area contributed by atoms with Crippen LogP contribution in [0.2, 0.25) is 0 Å². The normalized spacial score (nSPS) is 48.3. The van der Waals surface area contributed by atoms with Crippen LogP contribution in [0.1, 0.15) is 76.5 Å². The van der Waals surface area contributed by atoms with E-state index in [4.69, 9.17) is 0 Å². The van der Waals surface area contributed by atoms with E-state index in [0.717, 1.165) is 48.8 Å². The predicted molar refractivity (Wildman–Crippen MR) is 115 cm³/mol. The van der Waals surface area contributed by atoms with Gasteiger partial charge in [0, 0.05) is 24.2 Å². The summed E-state index contributed by atoms with van der Waals surface area (Å²) in [6.07, 6.45) is 13.0. The molecule has 4 nitrogen and oxygen atoms in total. The van der Waals surface area contributed by atoms with Gasteiger partial charge in [-0.2, -0.15) is 5.10 Å². The van der Waals surface area contributed by atoms with E-state index >= 15 is 0 Å². The second-order valence-electron chi connectivity index (χ2n) is 11.3. The van der Waals surface area contributed by atoms with Gasteiger partial charge in [0.25, 0.3) is 0 Å². The first-order valence-electron chi connectivity index (χ1n) is 11.8. The van der Waals surface area contributed by atoms with Crippen LogP contribution in [0.3, 0.4) is 0 Å². The lowest BCUT2D eigenvalue weighted by atomic mass is 9.45. The zero-order valence-electron chi connectivity index (χ0n) is 18.6. The van der Waals surface area contributed by atoms with Crippen LogP contribution in [0, 0.1) is 41.4 Å². The number of aliphatic hydroxyl groups is 2. The molecule has 4 heteroatoms. The number of hydrogen-bond donors (Lipinski definition) is 2. The van der Waals surface area contributed by atoms with E-state index in [2.05, 4.69) is 38.1 Å². The van der Waals surface area contributed by atoms with E-state index in [9.17, 15) is 10.2 Å². The van der Waals surface area contributed by atoms with Gasteiger partial charge in [0.15, 0.2) is 0 Å². The van der Waals surface area contributed by atoms with Crippen molar-refractivity contribution in [2.45, 2.75) is 84.3 Å². The number of aliphatic hydroxyl groups excluding tert-OH is 2. The molecule has 8 atom stereocenters. The molecule has 4 aliphatic carbocycles. The van der Waals surface area contributed by atoms with Crippen molar-refractivity contribution in [3.05, 3.63) is 23.0 Å². The third-order valence-corrected chi connectivity index (χ3v) is 9.90. The summed E-state index contributed by atoms with van der Waals surface area (Å²) in [6, 6.07) is 0. The standard InChI is InChI=1S/C25H38N2O2/c1-15-17(14-27(4)26-15)11-16-12-22-20-6-5-18-13-19(28)7-9-24(18,2)21(20)8-10-25(22,3)23(16)29/h11,14,18-23,28-29H,5-10,12-13H2,1-4H3/b16-11-/t18-,19-,20-,21+,22+,23-,24-,25+/m0/s1. The van der Waals surface area contributed by atoms with Gasteiger partial charge in [-0.1, -0.05) is 13.8 Å². The minimum Gasteiger partial charge on any atom is -0.393 e. The monoisotopic (exact) mass is 398 g/mol. The first-order valence-corrected chi connectivity index (χ1v) is 11.8. The molecule has 4 saturated carbocycles. The molecule has 2 N–H and O–H groups in total. The second kappa shape index (κ2) is 6.68. The largest absolute Gasteiger partial charge is 0.393 e. The van der Waals surface area contributed by atoms with Crippen molar-refractivity contribution in [1.82, 2.24) is 9.78 Å². The van der Waals surface area contributed by atoms with E-state index in [1.165, 1.54) is 31.3 Å². The highest BCUT2D eigenvalue weighted by molar-refractivity contribution is 5.56. The molecule has 160 valence electrons. The summed E-state index contributed by atoms with van der Waals surface area (Å²) >= 11 is 0. The fourth-order valence-corrected chi connectivity index (χ4v) is 8.19. The van der Waals surface area contributed by atoms with Crippen molar-refractivity contribution in [2.75, 3.05) is 0 Å². The van der Waals surface area contributed by atoms with E-state index in [1.807, 2.05) is 11.7 Å². The van der Waals surface area contributed by atoms with Crippen LogP contribution in [0.15, 0.2) is 11.8 Å². The highest BCUT2D eigenvalue weighted by Gasteiger charge is 2.61. The van der Waals surface area contributed by atoms with Crippen LogP contribution >= 0.6 is 0 Å². The molecule has 0 bridgehead atoms. The highest BCUT2D eigenvalue weighted by Crippen LogP contribution is 2.67. The number of nitrogens with zero attached hydrogens (tertiary/aromatic N) is 2. The molecule has 0 radical (unpaired) electrons. The van der Waals surface area contributed by atoms with Crippen molar-refractivity contribution in [2.24, 2.45) is 41.5 Å². The smallest absolute Gasteiger partial charge is 0.0809 e. The summed E-state index contributed by atoms with van der Waals surface area (Å²) in [6.45, 7) is 6.94. The summed E-state index contributed by atoms with van der Waals surface area (Å²) in [5.41, 5.74) is 3.82. The van der Waals surface area contributed by atoms with Crippen molar-refractivity contribution < 1.29 is 10.2 Å². The summed E-state index contributed by atoms with van der Waals surface area (Å²) in [7, 11) is 1.96. The predicted octanol–water partition coefficient (Wildman–Crippen LogP) is 4.49. The van der Waals surface area contributed by atoms with Gasteiger partial charge in [0.05, 0.1) is 17.9 Å². The zero-order valence-corrected chi connectivity index (χ0v) is 18.6. The van der Waals surface area contributed by atoms with Gasteiger partial charge in [-0.15, -0.1) is 0 Å². The summed E-state index contributed by atoms with van der Waals surface area (Å²) in [5.74, 6) is 2.76. The Balaban J connectivity index is 1.45. The maximum Gasteiger partial charge on any atom is 0.0809 e. The van der Waals surface area contributed by atoms with E-state index in [0.29, 0.717) is 17.3 Å². The van der Waals surface area contributed by atoms with Crippen LogP contribution in [-0.2, 0) is 7.05 Å². The molecular formula is C25H38N2O2. The Kier molecular flexibility index (Phi) is 4.57. The van der Waals surface area contributed by atoms with E-state index in [-0.39, 0.29) is 17.6 Å². The molecule has 4 fully saturated rings. The SMILES string of the molecule is Cc1nn(C)cc1/C=C1/C[C@@H]2[C@H]3CC[C@H]4C[C@@H](O)CC[C@]4(C)[C@@H]3CC[C@@]2(C)[C@H]1O. The van der Waals surface area contributed by atoms with Crippen LogP contribution in [0.4, 0.5) is 0 Å². The molecule has 0 unspecified atom stereocenters. The van der Waals surface area contributed by atoms with Gasteiger partial charge in [-0.3, -0.25) is 4.68 Å². The number of aryl methyl sites for hydroxylation is 2. The van der Waals surface area contributed by atoms with Gasteiger partial charge in [0.2, 0.25) is 0 Å². The van der Waals surface area contributed by atoms with E-state index < -0.39 is 0 Å². The molecule has 29 heavy (non-hydrogen) atoms. The Labute approximate surface area is 175 Å². The molecule has 1 aromatic rings. The molecular weight excluding hydrogens is 360 g/mol. The minimum absolute atomic E-state index is 0.0144. The van der Waals surface area contributed by atoms with Gasteiger partial charge < -0.3 is 10.2 Å². The Hall–Kier alpha value is -1.13. The van der Waals surface area contributed by atoms with Gasteiger partial charge in [-0.25, -0.2) is 0 Å². The summed E-state index contributed by atoms with van der Waals surface area (Å²) in [5, 5.41) is 26.1. The Bertz CT molecular complexity index is 829. The number of hydrogen-bond acceptors (Lipinski definition) is 3. The first kappa shape index (κ1) is 19.8. The van der Waals surface area contributed by atoms with Crippen LogP contribution in [0.5, 0.6) is 0 Å². The van der Waals surface area contributed by atoms with Crippen molar-refractivity contribution in [1.29, 1.82) is 0 Å². The molecule has 0 saturated heterocycles.